The maximum absolute atomic E-state index is 11.3. The number of rotatable bonds is 8. The first kappa shape index (κ1) is 15.6. The summed E-state index contributed by atoms with van der Waals surface area (Å²) in [6.45, 7) is 2.62. The van der Waals surface area contributed by atoms with Crippen molar-refractivity contribution in [3.63, 3.8) is 0 Å². The second-order valence-corrected chi connectivity index (χ2v) is 3.75. The monoisotopic (exact) mass is 266 g/mol. The number of hydrogen-bond donors (Lipinski definition) is 4. The van der Waals surface area contributed by atoms with Crippen LogP contribution in [0.2, 0.25) is 0 Å². The Hall–Kier alpha value is -0.400. The number of ether oxygens (including phenoxy) is 1. The Bertz CT molecular complexity index is 227. The highest BCUT2D eigenvalue weighted by Crippen LogP contribution is 1.92. The van der Waals surface area contributed by atoms with Gasteiger partial charge in [0.1, 0.15) is 6.04 Å². The number of carbonyl (C=O) groups excluding carboxylic acids is 2. The van der Waals surface area contributed by atoms with Crippen molar-refractivity contribution in [1.29, 1.82) is 0 Å². The average Bonchev–Trinajstić information content (AvgIpc) is 2.27. The van der Waals surface area contributed by atoms with Crippen LogP contribution < -0.4 is 10.6 Å². The van der Waals surface area contributed by atoms with Crippen molar-refractivity contribution >= 4 is 37.1 Å². The minimum absolute atomic E-state index is 0.0673. The van der Waals surface area contributed by atoms with E-state index in [1.54, 1.807) is 6.92 Å². The molecule has 0 rings (SSSR count). The topological polar surface area (TPSA) is 67.4 Å². The molecule has 0 unspecified atom stereocenters. The average molecular weight is 266 g/mol. The van der Waals surface area contributed by atoms with E-state index in [1.807, 2.05) is 0 Å². The van der Waals surface area contributed by atoms with E-state index in [1.165, 1.54) is 0 Å². The number of nitrogens with one attached hydrogen (secondary N) is 2. The number of esters is 1. The lowest BCUT2D eigenvalue weighted by molar-refractivity contribution is -0.145. The van der Waals surface area contributed by atoms with Crippen LogP contribution in [0.1, 0.15) is 6.92 Å². The standard InChI is InChI=1S/C9H18N2O3S2/c1-2-14-9(13)7(6-16)11-5-8(12)10-3-4-15/h7,11,15-16H,2-6H2,1H3,(H,10,12)/t7-/m0/s1. The van der Waals surface area contributed by atoms with Crippen molar-refractivity contribution in [3.8, 4) is 0 Å². The van der Waals surface area contributed by atoms with Crippen LogP contribution in [0.4, 0.5) is 0 Å². The second-order valence-electron chi connectivity index (χ2n) is 2.94. The zero-order chi connectivity index (χ0) is 12.4. The lowest BCUT2D eigenvalue weighted by atomic mass is 10.3. The van der Waals surface area contributed by atoms with Gasteiger partial charge in [-0.05, 0) is 6.92 Å². The van der Waals surface area contributed by atoms with E-state index < -0.39 is 6.04 Å². The molecule has 0 heterocycles. The van der Waals surface area contributed by atoms with Gasteiger partial charge in [-0.15, -0.1) is 0 Å². The van der Waals surface area contributed by atoms with Crippen molar-refractivity contribution in [1.82, 2.24) is 10.6 Å². The molecule has 0 bridgehead atoms. The summed E-state index contributed by atoms with van der Waals surface area (Å²) >= 11 is 7.97. The summed E-state index contributed by atoms with van der Waals surface area (Å²) in [7, 11) is 0. The lowest BCUT2D eigenvalue weighted by Crippen LogP contribution is -2.45. The van der Waals surface area contributed by atoms with E-state index in [0.717, 1.165) is 0 Å². The van der Waals surface area contributed by atoms with Crippen molar-refractivity contribution in [3.05, 3.63) is 0 Å². The van der Waals surface area contributed by atoms with Crippen LogP contribution in [0.15, 0.2) is 0 Å². The van der Waals surface area contributed by atoms with Crippen LogP contribution in [-0.2, 0) is 14.3 Å². The van der Waals surface area contributed by atoms with E-state index in [4.69, 9.17) is 4.74 Å². The Balaban J connectivity index is 3.85. The van der Waals surface area contributed by atoms with Gasteiger partial charge in [-0.2, -0.15) is 25.3 Å². The van der Waals surface area contributed by atoms with Gasteiger partial charge in [0.2, 0.25) is 5.91 Å². The molecule has 0 fully saturated rings. The zero-order valence-electron chi connectivity index (χ0n) is 9.23. The third-order valence-corrected chi connectivity index (χ3v) is 2.29. The Morgan fingerprint density at radius 3 is 2.56 bits per heavy atom. The molecule has 0 saturated heterocycles. The van der Waals surface area contributed by atoms with E-state index in [0.29, 0.717) is 24.7 Å². The van der Waals surface area contributed by atoms with Gasteiger partial charge in [0.25, 0.3) is 0 Å². The zero-order valence-corrected chi connectivity index (χ0v) is 11.0. The molecule has 2 N–H and O–H groups in total. The van der Waals surface area contributed by atoms with Crippen LogP contribution in [0.25, 0.3) is 0 Å². The van der Waals surface area contributed by atoms with Gasteiger partial charge in [-0.3, -0.25) is 14.9 Å². The molecule has 0 spiro atoms. The summed E-state index contributed by atoms with van der Waals surface area (Å²) in [6.07, 6.45) is 0. The van der Waals surface area contributed by atoms with E-state index in [2.05, 4.69) is 35.9 Å². The minimum atomic E-state index is -0.551. The Kier molecular flexibility index (Phi) is 9.55. The molecule has 5 nitrogen and oxygen atoms in total. The predicted molar refractivity (Wildman–Crippen MR) is 69.1 cm³/mol. The van der Waals surface area contributed by atoms with Crippen molar-refractivity contribution < 1.29 is 14.3 Å². The van der Waals surface area contributed by atoms with Crippen LogP contribution in [0.5, 0.6) is 0 Å². The molecule has 94 valence electrons. The lowest BCUT2D eigenvalue weighted by Gasteiger charge is -2.14. The highest BCUT2D eigenvalue weighted by Gasteiger charge is 2.18. The Morgan fingerprint density at radius 1 is 1.38 bits per heavy atom. The molecule has 0 aliphatic carbocycles. The molecule has 0 aliphatic heterocycles. The first-order chi connectivity index (χ1) is 7.65. The van der Waals surface area contributed by atoms with E-state index >= 15 is 0 Å². The highest BCUT2D eigenvalue weighted by molar-refractivity contribution is 7.80. The summed E-state index contributed by atoms with van der Waals surface area (Å²) in [5.41, 5.74) is 0. The molecule has 0 aromatic rings. The summed E-state index contributed by atoms with van der Waals surface area (Å²) < 4.78 is 4.81. The second kappa shape index (κ2) is 9.80. The van der Waals surface area contributed by atoms with Gasteiger partial charge >= 0.3 is 5.97 Å². The Labute approximate surface area is 107 Å². The number of hydrogen-bond acceptors (Lipinski definition) is 6. The van der Waals surface area contributed by atoms with Gasteiger partial charge in [0.15, 0.2) is 0 Å². The van der Waals surface area contributed by atoms with Gasteiger partial charge in [0.05, 0.1) is 13.2 Å². The van der Waals surface area contributed by atoms with Crippen molar-refractivity contribution in [2.45, 2.75) is 13.0 Å². The van der Waals surface area contributed by atoms with Crippen molar-refractivity contribution in [2.24, 2.45) is 0 Å². The molecule has 16 heavy (non-hydrogen) atoms. The van der Waals surface area contributed by atoms with Gasteiger partial charge in [-0.1, -0.05) is 0 Å². The van der Waals surface area contributed by atoms with Gasteiger partial charge < -0.3 is 10.1 Å². The fraction of sp³-hybridized carbons (Fsp3) is 0.778. The smallest absolute Gasteiger partial charge is 0.323 e. The van der Waals surface area contributed by atoms with Crippen LogP contribution in [0.3, 0.4) is 0 Å². The molecule has 0 aliphatic rings. The third kappa shape index (κ3) is 6.97. The highest BCUT2D eigenvalue weighted by atomic mass is 32.1. The molecule has 0 aromatic carbocycles. The normalized spacial score (nSPS) is 11.9. The maximum Gasteiger partial charge on any atom is 0.323 e. The predicted octanol–water partition coefficient (Wildman–Crippen LogP) is -0.516. The van der Waals surface area contributed by atoms with E-state index in [-0.39, 0.29) is 18.4 Å². The maximum atomic E-state index is 11.3. The van der Waals surface area contributed by atoms with Gasteiger partial charge in [-0.25, -0.2) is 0 Å². The molecule has 0 radical (unpaired) electrons. The fourth-order valence-corrected chi connectivity index (χ4v) is 1.33. The molecule has 7 heteroatoms. The largest absolute Gasteiger partial charge is 0.465 e. The molecule has 0 saturated carbocycles. The summed E-state index contributed by atoms with van der Waals surface area (Å²) in [6, 6.07) is -0.551. The summed E-state index contributed by atoms with van der Waals surface area (Å²) in [4.78, 5) is 22.5. The van der Waals surface area contributed by atoms with Crippen LogP contribution in [-0.4, -0.2) is 49.1 Å². The molecule has 0 aromatic heterocycles. The minimum Gasteiger partial charge on any atom is -0.465 e. The van der Waals surface area contributed by atoms with Gasteiger partial charge in [0, 0.05) is 18.1 Å². The first-order valence-corrected chi connectivity index (χ1v) is 6.30. The van der Waals surface area contributed by atoms with Crippen LogP contribution >= 0.6 is 25.3 Å². The van der Waals surface area contributed by atoms with E-state index in [9.17, 15) is 9.59 Å². The first-order valence-electron chi connectivity index (χ1n) is 5.04. The molecular formula is C9H18N2O3S2. The number of carbonyl (C=O) groups is 2. The van der Waals surface area contributed by atoms with Crippen molar-refractivity contribution in [2.75, 3.05) is 31.2 Å². The summed E-state index contributed by atoms with van der Waals surface area (Å²) in [5.74, 6) is 0.308. The molecular weight excluding hydrogens is 248 g/mol. The molecule has 1 atom stereocenters. The SMILES string of the molecule is CCOC(=O)[C@H](CS)NCC(=O)NCCS. The molecule has 1 amide bonds. The summed E-state index contributed by atoms with van der Waals surface area (Å²) in [5, 5.41) is 5.40. The fourth-order valence-electron chi connectivity index (χ4n) is 0.939. The number of amides is 1. The number of thiol groups is 2. The Morgan fingerprint density at radius 2 is 2.06 bits per heavy atom. The third-order valence-electron chi connectivity index (χ3n) is 1.70. The van der Waals surface area contributed by atoms with Crippen LogP contribution in [0, 0.1) is 0 Å². The quantitative estimate of drug-likeness (QED) is 0.353.